The number of hydrogen-bond donors (Lipinski definition) is 2. The molecule has 0 aliphatic rings. The third-order valence-corrected chi connectivity index (χ3v) is 2.43. The first-order valence-corrected chi connectivity index (χ1v) is 5.56. The van der Waals surface area contributed by atoms with E-state index in [0.717, 1.165) is 31.0 Å². The molecule has 0 amide bonds. The van der Waals surface area contributed by atoms with E-state index in [2.05, 4.69) is 28.7 Å². The SMILES string of the molecule is CCc1cc(N(CC)CCC(=N)N)ncn1. The van der Waals surface area contributed by atoms with Gasteiger partial charge in [0.25, 0.3) is 0 Å². The van der Waals surface area contributed by atoms with Gasteiger partial charge in [0, 0.05) is 31.3 Å². The third kappa shape index (κ3) is 3.49. The Morgan fingerprint density at radius 2 is 2.19 bits per heavy atom. The van der Waals surface area contributed by atoms with Crippen LogP contribution in [-0.2, 0) is 6.42 Å². The van der Waals surface area contributed by atoms with Crippen molar-refractivity contribution in [2.24, 2.45) is 5.73 Å². The van der Waals surface area contributed by atoms with Crippen LogP contribution in [0.1, 0.15) is 26.0 Å². The molecule has 88 valence electrons. The molecule has 0 aromatic carbocycles. The minimum absolute atomic E-state index is 0.211. The molecule has 0 saturated carbocycles. The second-order valence-corrected chi connectivity index (χ2v) is 3.58. The van der Waals surface area contributed by atoms with Crippen molar-refractivity contribution in [3.05, 3.63) is 18.1 Å². The van der Waals surface area contributed by atoms with Crippen molar-refractivity contribution in [2.75, 3.05) is 18.0 Å². The van der Waals surface area contributed by atoms with Gasteiger partial charge in [-0.2, -0.15) is 0 Å². The molecule has 0 aliphatic heterocycles. The first kappa shape index (κ1) is 12.4. The normalized spacial score (nSPS) is 10.1. The molecule has 1 aromatic rings. The van der Waals surface area contributed by atoms with Gasteiger partial charge in [-0.25, -0.2) is 9.97 Å². The fourth-order valence-corrected chi connectivity index (χ4v) is 1.44. The highest BCUT2D eigenvalue weighted by atomic mass is 15.2. The van der Waals surface area contributed by atoms with Gasteiger partial charge in [0.1, 0.15) is 12.1 Å². The number of amidine groups is 1. The molecule has 0 atom stereocenters. The third-order valence-electron chi connectivity index (χ3n) is 2.43. The second-order valence-electron chi connectivity index (χ2n) is 3.58. The lowest BCUT2D eigenvalue weighted by atomic mass is 10.3. The Morgan fingerprint density at radius 1 is 1.44 bits per heavy atom. The summed E-state index contributed by atoms with van der Waals surface area (Å²) in [6, 6.07) is 1.99. The minimum atomic E-state index is 0.211. The van der Waals surface area contributed by atoms with E-state index in [4.69, 9.17) is 11.1 Å². The molecule has 1 aromatic heterocycles. The zero-order valence-electron chi connectivity index (χ0n) is 9.90. The van der Waals surface area contributed by atoms with Gasteiger partial charge < -0.3 is 10.6 Å². The minimum Gasteiger partial charge on any atom is -0.388 e. The largest absolute Gasteiger partial charge is 0.388 e. The fourth-order valence-electron chi connectivity index (χ4n) is 1.44. The Hall–Kier alpha value is -1.65. The van der Waals surface area contributed by atoms with Crippen LogP contribution in [0.5, 0.6) is 0 Å². The van der Waals surface area contributed by atoms with Crippen LogP contribution < -0.4 is 10.6 Å². The molecule has 1 heterocycles. The zero-order valence-corrected chi connectivity index (χ0v) is 9.90. The van der Waals surface area contributed by atoms with Gasteiger partial charge in [-0.3, -0.25) is 5.41 Å². The maximum atomic E-state index is 7.22. The molecule has 5 nitrogen and oxygen atoms in total. The Kier molecular flexibility index (Phi) is 4.69. The lowest BCUT2D eigenvalue weighted by Crippen LogP contribution is -2.28. The molecule has 0 bridgehead atoms. The van der Waals surface area contributed by atoms with E-state index in [0.29, 0.717) is 6.42 Å². The highest BCUT2D eigenvalue weighted by Gasteiger charge is 2.06. The molecule has 0 saturated heterocycles. The number of hydrogen-bond acceptors (Lipinski definition) is 4. The van der Waals surface area contributed by atoms with Gasteiger partial charge in [0.15, 0.2) is 0 Å². The van der Waals surface area contributed by atoms with Crippen LogP contribution in [-0.4, -0.2) is 28.9 Å². The predicted octanol–water partition coefficient (Wildman–Crippen LogP) is 1.19. The van der Waals surface area contributed by atoms with Crippen molar-refractivity contribution in [1.82, 2.24) is 9.97 Å². The lowest BCUT2D eigenvalue weighted by molar-refractivity contribution is 0.806. The molecule has 0 fully saturated rings. The van der Waals surface area contributed by atoms with Crippen LogP contribution in [0.4, 0.5) is 5.82 Å². The molecule has 3 N–H and O–H groups in total. The Bertz CT molecular complexity index is 350. The number of anilines is 1. The average Bonchev–Trinajstić information content (AvgIpc) is 2.30. The standard InChI is InChI=1S/C11H19N5/c1-3-9-7-11(15-8-14-9)16(4-2)6-5-10(12)13/h7-8H,3-6H2,1-2H3,(H3,12,13). The van der Waals surface area contributed by atoms with E-state index in [1.807, 2.05) is 6.07 Å². The molecular formula is C11H19N5. The molecule has 5 heteroatoms. The van der Waals surface area contributed by atoms with Crippen molar-refractivity contribution in [2.45, 2.75) is 26.7 Å². The second kappa shape index (κ2) is 6.05. The van der Waals surface area contributed by atoms with Crippen molar-refractivity contribution < 1.29 is 0 Å². The van der Waals surface area contributed by atoms with Gasteiger partial charge in [-0.1, -0.05) is 6.92 Å². The summed E-state index contributed by atoms with van der Waals surface area (Å²) < 4.78 is 0. The van der Waals surface area contributed by atoms with Crippen LogP contribution in [0, 0.1) is 5.41 Å². The summed E-state index contributed by atoms with van der Waals surface area (Å²) in [4.78, 5) is 10.5. The predicted molar refractivity (Wildman–Crippen MR) is 65.8 cm³/mol. The number of nitrogens with zero attached hydrogens (tertiary/aromatic N) is 3. The number of nitrogens with two attached hydrogens (primary N) is 1. The summed E-state index contributed by atoms with van der Waals surface area (Å²) in [5.41, 5.74) is 6.39. The van der Waals surface area contributed by atoms with E-state index in [1.165, 1.54) is 0 Å². The topological polar surface area (TPSA) is 78.9 Å². The van der Waals surface area contributed by atoms with Gasteiger partial charge in [0.2, 0.25) is 0 Å². The summed E-state index contributed by atoms with van der Waals surface area (Å²) in [5.74, 6) is 1.12. The first-order valence-electron chi connectivity index (χ1n) is 5.56. The van der Waals surface area contributed by atoms with Crippen LogP contribution in [0.3, 0.4) is 0 Å². The number of aryl methyl sites for hydroxylation is 1. The van der Waals surface area contributed by atoms with Crippen molar-refractivity contribution in [1.29, 1.82) is 5.41 Å². The zero-order chi connectivity index (χ0) is 12.0. The monoisotopic (exact) mass is 221 g/mol. The summed E-state index contributed by atoms with van der Waals surface area (Å²) in [6.45, 7) is 5.71. The maximum absolute atomic E-state index is 7.22. The average molecular weight is 221 g/mol. The Labute approximate surface area is 96.2 Å². The molecule has 16 heavy (non-hydrogen) atoms. The molecule has 0 spiro atoms. The molecule has 1 rings (SSSR count). The molecule has 0 radical (unpaired) electrons. The van der Waals surface area contributed by atoms with Crippen LogP contribution in [0.2, 0.25) is 0 Å². The van der Waals surface area contributed by atoms with Gasteiger partial charge >= 0.3 is 0 Å². The van der Waals surface area contributed by atoms with Crippen LogP contribution in [0.15, 0.2) is 12.4 Å². The summed E-state index contributed by atoms with van der Waals surface area (Å²) in [6.07, 6.45) is 3.06. The molecular weight excluding hydrogens is 202 g/mol. The summed E-state index contributed by atoms with van der Waals surface area (Å²) >= 11 is 0. The molecule has 0 unspecified atom stereocenters. The van der Waals surface area contributed by atoms with Crippen molar-refractivity contribution in [3.63, 3.8) is 0 Å². The van der Waals surface area contributed by atoms with E-state index >= 15 is 0 Å². The molecule has 0 aliphatic carbocycles. The van der Waals surface area contributed by atoms with Gasteiger partial charge in [-0.15, -0.1) is 0 Å². The fraction of sp³-hybridized carbons (Fsp3) is 0.545. The summed E-state index contributed by atoms with van der Waals surface area (Å²) in [7, 11) is 0. The van der Waals surface area contributed by atoms with E-state index in [-0.39, 0.29) is 5.84 Å². The van der Waals surface area contributed by atoms with Crippen LogP contribution in [0.25, 0.3) is 0 Å². The number of nitrogens with one attached hydrogen (secondary N) is 1. The number of rotatable bonds is 6. The highest BCUT2D eigenvalue weighted by molar-refractivity contribution is 5.77. The highest BCUT2D eigenvalue weighted by Crippen LogP contribution is 2.11. The van der Waals surface area contributed by atoms with Gasteiger partial charge in [0.05, 0.1) is 5.84 Å². The quantitative estimate of drug-likeness (QED) is 0.558. The van der Waals surface area contributed by atoms with E-state index < -0.39 is 0 Å². The van der Waals surface area contributed by atoms with Crippen LogP contribution >= 0.6 is 0 Å². The Balaban J connectivity index is 2.73. The van der Waals surface area contributed by atoms with Crippen molar-refractivity contribution in [3.8, 4) is 0 Å². The Morgan fingerprint density at radius 3 is 2.75 bits per heavy atom. The van der Waals surface area contributed by atoms with Gasteiger partial charge in [-0.05, 0) is 13.3 Å². The summed E-state index contributed by atoms with van der Waals surface area (Å²) in [5, 5.41) is 7.22. The van der Waals surface area contributed by atoms with Crippen molar-refractivity contribution >= 4 is 11.7 Å². The van der Waals surface area contributed by atoms with E-state index in [9.17, 15) is 0 Å². The number of aromatic nitrogens is 2. The maximum Gasteiger partial charge on any atom is 0.132 e. The lowest BCUT2D eigenvalue weighted by Gasteiger charge is -2.21. The smallest absolute Gasteiger partial charge is 0.132 e. The first-order chi connectivity index (χ1) is 7.67. The van der Waals surface area contributed by atoms with E-state index in [1.54, 1.807) is 6.33 Å².